The van der Waals surface area contributed by atoms with Gasteiger partial charge < -0.3 is 11.1 Å². The number of aryl methyl sites for hydroxylation is 2. The van der Waals surface area contributed by atoms with Crippen molar-refractivity contribution >= 4 is 28.1 Å². The zero-order chi connectivity index (χ0) is 28.7. The van der Waals surface area contributed by atoms with Crippen molar-refractivity contribution in [1.29, 1.82) is 0 Å². The summed E-state index contributed by atoms with van der Waals surface area (Å²) in [4.78, 5) is 32.1. The molecule has 0 saturated heterocycles. The van der Waals surface area contributed by atoms with Gasteiger partial charge in [-0.3, -0.25) is 18.8 Å². The van der Waals surface area contributed by atoms with Gasteiger partial charge in [0.2, 0.25) is 0 Å². The third kappa shape index (κ3) is 4.59. The second-order valence-corrected chi connectivity index (χ2v) is 9.83. The van der Waals surface area contributed by atoms with Crippen molar-refractivity contribution in [2.75, 3.05) is 5.73 Å². The number of H-pyrrole nitrogens is 1. The number of amides is 1. The predicted octanol–water partition coefficient (Wildman–Crippen LogP) is 2.97. The molecule has 41 heavy (non-hydrogen) atoms. The van der Waals surface area contributed by atoms with Gasteiger partial charge >= 0.3 is 5.65 Å². The van der Waals surface area contributed by atoms with Gasteiger partial charge in [0.25, 0.3) is 11.5 Å². The topological polar surface area (TPSA) is 128 Å². The minimum absolute atomic E-state index is 0.194. The summed E-state index contributed by atoms with van der Waals surface area (Å²) < 4.78 is 4.92. The minimum Gasteiger partial charge on any atom is -0.382 e. The highest BCUT2D eigenvalue weighted by Crippen LogP contribution is 2.25. The largest absolute Gasteiger partial charge is 0.382 e. The average Bonchev–Trinajstić information content (AvgIpc) is 3.53. The highest BCUT2D eigenvalue weighted by Gasteiger charge is 2.27. The van der Waals surface area contributed by atoms with Crippen LogP contribution in [0, 0.1) is 18.8 Å². The Kier molecular flexibility index (Phi) is 6.32. The first-order valence-electron chi connectivity index (χ1n) is 13.0. The number of anilines is 1. The number of nitrogens with zero attached hydrogens (tertiary/aromatic N) is 5. The van der Waals surface area contributed by atoms with E-state index in [1.54, 1.807) is 38.4 Å². The molecule has 10 heteroatoms. The maximum absolute atomic E-state index is 14.3. The van der Waals surface area contributed by atoms with Crippen LogP contribution < -0.4 is 21.1 Å². The number of aromatic amines is 1. The Bertz CT molecular complexity index is 2090. The van der Waals surface area contributed by atoms with Gasteiger partial charge in [-0.15, -0.1) is 4.52 Å². The maximum Gasteiger partial charge on any atom is 0.362 e. The van der Waals surface area contributed by atoms with Gasteiger partial charge in [0.05, 0.1) is 28.9 Å². The normalized spacial score (nSPS) is 11.8. The van der Waals surface area contributed by atoms with Crippen molar-refractivity contribution in [2.24, 2.45) is 7.05 Å². The SMILES string of the molecule is Cc1ccccc1-n1c(C(C)NC(=O)c2c(N)[nH][n+]3cccnc23)cc2cccc(C#Cc3cnn(C)c3)c2c1=O. The Labute approximate surface area is 235 Å². The second-order valence-electron chi connectivity index (χ2n) is 9.83. The first-order valence-corrected chi connectivity index (χ1v) is 13.0. The lowest BCUT2D eigenvalue weighted by Gasteiger charge is -2.22. The van der Waals surface area contributed by atoms with Gasteiger partial charge in [-0.1, -0.05) is 42.2 Å². The molecule has 4 N–H and O–H groups in total. The molecule has 0 saturated carbocycles. The van der Waals surface area contributed by atoms with E-state index in [-0.39, 0.29) is 16.9 Å². The van der Waals surface area contributed by atoms with Gasteiger partial charge in [-0.25, -0.2) is 5.10 Å². The number of rotatable bonds is 4. The number of para-hydroxylation sites is 1. The van der Waals surface area contributed by atoms with E-state index in [9.17, 15) is 9.59 Å². The Hall–Kier alpha value is -5.69. The van der Waals surface area contributed by atoms with Gasteiger partial charge in [0, 0.05) is 30.6 Å². The lowest BCUT2D eigenvalue weighted by Crippen LogP contribution is -2.33. The van der Waals surface area contributed by atoms with Crippen molar-refractivity contribution in [3.05, 3.63) is 118 Å². The van der Waals surface area contributed by atoms with Crippen LogP contribution in [0.2, 0.25) is 0 Å². The first kappa shape index (κ1) is 25.6. The summed E-state index contributed by atoms with van der Waals surface area (Å²) >= 11 is 0. The number of aromatic nitrogens is 6. The quantitative estimate of drug-likeness (QED) is 0.233. The molecule has 0 aliphatic heterocycles. The average molecular weight is 544 g/mol. The summed E-state index contributed by atoms with van der Waals surface area (Å²) in [6.45, 7) is 3.79. The molecule has 1 atom stereocenters. The first-order chi connectivity index (χ1) is 19.8. The predicted molar refractivity (Wildman–Crippen MR) is 156 cm³/mol. The van der Waals surface area contributed by atoms with Crippen molar-refractivity contribution < 1.29 is 9.31 Å². The third-order valence-corrected chi connectivity index (χ3v) is 6.98. The summed E-state index contributed by atoms with van der Waals surface area (Å²) in [5, 5.41) is 11.3. The van der Waals surface area contributed by atoms with E-state index in [1.807, 2.05) is 75.6 Å². The molecule has 1 unspecified atom stereocenters. The van der Waals surface area contributed by atoms with E-state index in [1.165, 1.54) is 0 Å². The molecular formula is C31H27N8O2+. The fraction of sp³-hybridized carbons (Fsp3) is 0.129. The smallest absolute Gasteiger partial charge is 0.362 e. The molecule has 4 aromatic heterocycles. The Balaban J connectivity index is 1.50. The van der Waals surface area contributed by atoms with Crippen LogP contribution >= 0.6 is 0 Å². The fourth-order valence-corrected chi connectivity index (χ4v) is 5.01. The molecule has 202 valence electrons. The number of benzene rings is 2. The number of carbonyl (C=O) groups is 1. The van der Waals surface area contributed by atoms with Crippen molar-refractivity contribution in [3.8, 4) is 17.5 Å². The number of fused-ring (bicyclic) bond motifs is 2. The van der Waals surface area contributed by atoms with E-state index in [4.69, 9.17) is 5.73 Å². The minimum atomic E-state index is -0.567. The van der Waals surface area contributed by atoms with Gasteiger partial charge in [-0.05, 0) is 48.0 Å². The lowest BCUT2D eigenvalue weighted by atomic mass is 10.0. The highest BCUT2D eigenvalue weighted by molar-refractivity contribution is 6.03. The number of nitrogens with two attached hydrogens (primary N) is 1. The summed E-state index contributed by atoms with van der Waals surface area (Å²) in [6, 6.07) is 16.3. The van der Waals surface area contributed by atoms with Crippen LogP contribution in [0.25, 0.3) is 22.1 Å². The molecule has 2 aromatic carbocycles. The van der Waals surface area contributed by atoms with E-state index in [2.05, 4.69) is 32.3 Å². The molecular weight excluding hydrogens is 516 g/mol. The molecule has 0 aliphatic carbocycles. The Morgan fingerprint density at radius 1 is 1.15 bits per heavy atom. The van der Waals surface area contributed by atoms with Crippen LogP contribution in [0.15, 0.2) is 84.2 Å². The number of hydrogen-bond acceptors (Lipinski definition) is 5. The number of carbonyl (C=O) groups excluding carboxylic acids is 1. The lowest BCUT2D eigenvalue weighted by molar-refractivity contribution is -0.577. The molecule has 6 rings (SSSR count). The zero-order valence-electron chi connectivity index (χ0n) is 22.7. The molecule has 10 nitrogen and oxygen atoms in total. The molecule has 0 aliphatic rings. The van der Waals surface area contributed by atoms with Crippen molar-refractivity contribution in [1.82, 2.24) is 29.7 Å². The number of hydrogen-bond donors (Lipinski definition) is 3. The maximum atomic E-state index is 14.3. The van der Waals surface area contributed by atoms with Crippen LogP contribution in [0.4, 0.5) is 5.82 Å². The van der Waals surface area contributed by atoms with Crippen molar-refractivity contribution in [3.63, 3.8) is 0 Å². The van der Waals surface area contributed by atoms with Crippen LogP contribution in [-0.2, 0) is 7.05 Å². The highest BCUT2D eigenvalue weighted by atomic mass is 16.2. The third-order valence-electron chi connectivity index (χ3n) is 6.98. The van der Waals surface area contributed by atoms with Gasteiger partial charge in [-0.2, -0.15) is 5.10 Å². The van der Waals surface area contributed by atoms with Crippen LogP contribution in [0.1, 0.15) is 45.7 Å². The van der Waals surface area contributed by atoms with Crippen LogP contribution in [0.5, 0.6) is 0 Å². The number of nitrogen functional groups attached to an aromatic ring is 1. The zero-order valence-corrected chi connectivity index (χ0v) is 22.7. The molecule has 1 amide bonds. The summed E-state index contributed by atoms with van der Waals surface area (Å²) in [6.07, 6.45) is 6.82. The molecule has 0 fully saturated rings. The monoisotopic (exact) mass is 543 g/mol. The van der Waals surface area contributed by atoms with E-state index in [0.717, 1.165) is 16.5 Å². The summed E-state index contributed by atoms with van der Waals surface area (Å²) in [7, 11) is 1.83. The van der Waals surface area contributed by atoms with Crippen LogP contribution in [0.3, 0.4) is 0 Å². The van der Waals surface area contributed by atoms with Gasteiger partial charge in [0.1, 0.15) is 12.4 Å². The summed E-state index contributed by atoms with van der Waals surface area (Å²) in [5.41, 5.74) is 10.2. The van der Waals surface area contributed by atoms with Crippen LogP contribution in [-0.4, -0.2) is 30.3 Å². The number of pyridine rings is 1. The van der Waals surface area contributed by atoms with Gasteiger partial charge in [0.15, 0.2) is 11.4 Å². The Morgan fingerprint density at radius 3 is 2.76 bits per heavy atom. The van der Waals surface area contributed by atoms with E-state index < -0.39 is 11.9 Å². The fourth-order valence-electron chi connectivity index (χ4n) is 5.01. The molecule has 6 aromatic rings. The number of nitrogens with one attached hydrogen (secondary N) is 2. The van der Waals surface area contributed by atoms with Crippen molar-refractivity contribution in [2.45, 2.75) is 19.9 Å². The standard InChI is InChI=1S/C31H26N8O2/c1-19-8-4-5-11-24(19)39-25(20(2)35-30(40)27-28(32)36-38-15-7-14-33-29(27)38)16-23-10-6-9-22(26(23)31(39)41)13-12-21-17-34-37(3)18-21/h4-11,14-18,20H,1-3H3,(H3,32,35,36,40)/p+1. The molecule has 0 bridgehead atoms. The second kappa shape index (κ2) is 10.1. The molecule has 0 radical (unpaired) electrons. The molecule has 0 spiro atoms. The Morgan fingerprint density at radius 2 is 1.98 bits per heavy atom. The van der Waals surface area contributed by atoms with E-state index in [0.29, 0.717) is 28.0 Å². The summed E-state index contributed by atoms with van der Waals surface area (Å²) in [5.74, 6) is 6.06. The molecule has 4 heterocycles. The van der Waals surface area contributed by atoms with E-state index >= 15 is 0 Å².